The summed E-state index contributed by atoms with van der Waals surface area (Å²) in [6.45, 7) is 4.81. The lowest BCUT2D eigenvalue weighted by atomic mass is 10.1. The number of amides is 1. The molecule has 4 heteroatoms. The van der Waals surface area contributed by atoms with Crippen LogP contribution >= 0.6 is 0 Å². The topological polar surface area (TPSA) is 45.2 Å². The minimum Gasteiger partial charge on any atom is -0.357 e. The van der Waals surface area contributed by atoms with E-state index in [1.54, 1.807) is 0 Å². The molecule has 1 amide bonds. The third-order valence-electron chi connectivity index (χ3n) is 4.45. The molecule has 3 rings (SSSR count). The molecule has 24 heavy (non-hydrogen) atoms. The highest BCUT2D eigenvalue weighted by Crippen LogP contribution is 2.17. The summed E-state index contributed by atoms with van der Waals surface area (Å²) in [6, 6.07) is 12.4. The molecule has 1 aromatic heterocycles. The molecule has 2 heterocycles. The summed E-state index contributed by atoms with van der Waals surface area (Å²) in [5.74, 6) is 1.13. The molecule has 0 unspecified atom stereocenters. The van der Waals surface area contributed by atoms with Gasteiger partial charge in [0.25, 0.3) is 0 Å². The third kappa shape index (κ3) is 4.57. The van der Waals surface area contributed by atoms with E-state index in [2.05, 4.69) is 52.5 Å². The average molecular weight is 323 g/mol. The Kier molecular flexibility index (Phi) is 5.47. The fourth-order valence-corrected chi connectivity index (χ4v) is 3.07. The van der Waals surface area contributed by atoms with Crippen LogP contribution in [0, 0.1) is 6.92 Å². The lowest BCUT2D eigenvalue weighted by Crippen LogP contribution is -2.23. The summed E-state index contributed by atoms with van der Waals surface area (Å²) < 4.78 is 0. The van der Waals surface area contributed by atoms with Crippen molar-refractivity contribution in [3.63, 3.8) is 0 Å². The molecule has 0 bridgehead atoms. The highest BCUT2D eigenvalue weighted by atomic mass is 16.1. The Morgan fingerprint density at radius 1 is 1.17 bits per heavy atom. The summed E-state index contributed by atoms with van der Waals surface area (Å²) in [4.78, 5) is 18.8. The van der Waals surface area contributed by atoms with Gasteiger partial charge >= 0.3 is 0 Å². The van der Waals surface area contributed by atoms with E-state index in [-0.39, 0.29) is 5.91 Å². The highest BCUT2D eigenvalue weighted by Gasteiger charge is 2.13. The van der Waals surface area contributed by atoms with Gasteiger partial charge in [-0.3, -0.25) is 4.79 Å². The van der Waals surface area contributed by atoms with Crippen LogP contribution in [0.2, 0.25) is 0 Å². The van der Waals surface area contributed by atoms with Gasteiger partial charge in [0.1, 0.15) is 5.82 Å². The molecule has 0 radical (unpaired) electrons. The molecule has 1 aliphatic heterocycles. The lowest BCUT2D eigenvalue weighted by molar-refractivity contribution is -0.121. The van der Waals surface area contributed by atoms with Crippen LogP contribution in [0.4, 0.5) is 5.82 Å². The largest absolute Gasteiger partial charge is 0.357 e. The summed E-state index contributed by atoms with van der Waals surface area (Å²) in [6.07, 6.45) is 5.66. The number of hydrogen-bond donors (Lipinski definition) is 1. The number of rotatable bonds is 6. The number of nitrogens with zero attached hydrogens (tertiary/aromatic N) is 2. The van der Waals surface area contributed by atoms with Crippen molar-refractivity contribution in [1.82, 2.24) is 10.3 Å². The molecule has 0 saturated carbocycles. The molecule has 126 valence electrons. The van der Waals surface area contributed by atoms with E-state index in [1.807, 2.05) is 12.3 Å². The van der Waals surface area contributed by atoms with Crippen LogP contribution in [0.15, 0.2) is 42.6 Å². The standard InChI is InChI=1S/C20H25N3O/c1-16-5-4-6-17(13-16)8-10-20(24)22-15-18-7-9-19(21-14-18)23-11-2-3-12-23/h4-7,9,13-14H,2-3,8,10-12,15H2,1H3,(H,22,24). The van der Waals surface area contributed by atoms with Gasteiger partial charge < -0.3 is 10.2 Å². The first-order valence-corrected chi connectivity index (χ1v) is 8.73. The number of pyridine rings is 1. The molecular formula is C20H25N3O. The van der Waals surface area contributed by atoms with E-state index in [1.165, 1.54) is 24.0 Å². The molecule has 1 aliphatic rings. The van der Waals surface area contributed by atoms with Gasteiger partial charge in [0, 0.05) is 32.3 Å². The monoisotopic (exact) mass is 323 g/mol. The van der Waals surface area contributed by atoms with Gasteiger partial charge in [-0.25, -0.2) is 4.98 Å². The summed E-state index contributed by atoms with van der Waals surface area (Å²) >= 11 is 0. The number of carbonyl (C=O) groups excluding carboxylic acids is 1. The van der Waals surface area contributed by atoms with Crippen molar-refractivity contribution in [2.45, 2.75) is 39.2 Å². The first-order valence-electron chi connectivity index (χ1n) is 8.73. The molecule has 1 fully saturated rings. The second-order valence-electron chi connectivity index (χ2n) is 6.48. The first-order chi connectivity index (χ1) is 11.7. The number of benzene rings is 1. The van der Waals surface area contributed by atoms with E-state index in [0.717, 1.165) is 30.9 Å². The summed E-state index contributed by atoms with van der Waals surface area (Å²) in [7, 11) is 0. The van der Waals surface area contributed by atoms with Crippen LogP contribution < -0.4 is 10.2 Å². The predicted molar refractivity (Wildman–Crippen MR) is 97.0 cm³/mol. The molecule has 1 saturated heterocycles. The zero-order chi connectivity index (χ0) is 16.8. The van der Waals surface area contributed by atoms with Crippen LogP contribution in [0.5, 0.6) is 0 Å². The van der Waals surface area contributed by atoms with E-state index < -0.39 is 0 Å². The van der Waals surface area contributed by atoms with Gasteiger partial charge in [-0.05, 0) is 43.4 Å². The fourth-order valence-electron chi connectivity index (χ4n) is 3.07. The number of nitrogens with one attached hydrogen (secondary N) is 1. The second kappa shape index (κ2) is 7.95. The van der Waals surface area contributed by atoms with Crippen LogP contribution in [0.3, 0.4) is 0 Å². The Hall–Kier alpha value is -2.36. The van der Waals surface area contributed by atoms with Gasteiger partial charge in [0.15, 0.2) is 0 Å². The number of aryl methyl sites for hydroxylation is 2. The normalized spacial score (nSPS) is 14.0. The van der Waals surface area contributed by atoms with Gasteiger partial charge in [0.2, 0.25) is 5.91 Å². The van der Waals surface area contributed by atoms with Gasteiger partial charge in [-0.15, -0.1) is 0 Å². The Morgan fingerprint density at radius 2 is 2.00 bits per heavy atom. The Labute approximate surface area is 143 Å². The maximum atomic E-state index is 12.0. The van der Waals surface area contributed by atoms with Crippen molar-refractivity contribution < 1.29 is 4.79 Å². The zero-order valence-electron chi connectivity index (χ0n) is 14.3. The van der Waals surface area contributed by atoms with Crippen molar-refractivity contribution in [2.75, 3.05) is 18.0 Å². The molecule has 2 aromatic rings. The van der Waals surface area contributed by atoms with Crippen LogP contribution in [-0.2, 0) is 17.8 Å². The number of hydrogen-bond acceptors (Lipinski definition) is 3. The maximum absolute atomic E-state index is 12.0. The van der Waals surface area contributed by atoms with Crippen LogP contribution in [0.1, 0.15) is 36.0 Å². The minimum atomic E-state index is 0.0834. The van der Waals surface area contributed by atoms with Gasteiger partial charge in [-0.2, -0.15) is 0 Å². The summed E-state index contributed by atoms with van der Waals surface area (Å²) in [5, 5.41) is 2.98. The quantitative estimate of drug-likeness (QED) is 0.887. The molecule has 1 aromatic carbocycles. The second-order valence-corrected chi connectivity index (χ2v) is 6.48. The highest BCUT2D eigenvalue weighted by molar-refractivity contribution is 5.76. The predicted octanol–water partition coefficient (Wildman–Crippen LogP) is 3.24. The van der Waals surface area contributed by atoms with E-state index in [0.29, 0.717) is 13.0 Å². The molecule has 4 nitrogen and oxygen atoms in total. The number of anilines is 1. The van der Waals surface area contributed by atoms with Gasteiger partial charge in [0.05, 0.1) is 0 Å². The number of aromatic nitrogens is 1. The molecule has 0 atom stereocenters. The van der Waals surface area contributed by atoms with Crippen molar-refractivity contribution in [3.8, 4) is 0 Å². The Balaban J connectivity index is 1.44. The van der Waals surface area contributed by atoms with E-state index in [9.17, 15) is 4.79 Å². The molecule has 0 aliphatic carbocycles. The molecule has 1 N–H and O–H groups in total. The lowest BCUT2D eigenvalue weighted by Gasteiger charge is -2.16. The van der Waals surface area contributed by atoms with Crippen LogP contribution in [-0.4, -0.2) is 24.0 Å². The Bertz CT molecular complexity index is 676. The maximum Gasteiger partial charge on any atom is 0.220 e. The van der Waals surface area contributed by atoms with Crippen molar-refractivity contribution >= 4 is 11.7 Å². The number of carbonyl (C=O) groups is 1. The third-order valence-corrected chi connectivity index (χ3v) is 4.45. The van der Waals surface area contributed by atoms with Crippen LogP contribution in [0.25, 0.3) is 0 Å². The van der Waals surface area contributed by atoms with Crippen molar-refractivity contribution in [3.05, 3.63) is 59.3 Å². The Morgan fingerprint density at radius 3 is 2.71 bits per heavy atom. The molecular weight excluding hydrogens is 298 g/mol. The SMILES string of the molecule is Cc1cccc(CCC(=O)NCc2ccc(N3CCCC3)nc2)c1. The van der Waals surface area contributed by atoms with E-state index in [4.69, 9.17) is 0 Å². The average Bonchev–Trinajstić information content (AvgIpc) is 3.13. The summed E-state index contributed by atoms with van der Waals surface area (Å²) in [5.41, 5.74) is 3.49. The van der Waals surface area contributed by atoms with Crippen molar-refractivity contribution in [2.24, 2.45) is 0 Å². The van der Waals surface area contributed by atoms with Crippen molar-refractivity contribution in [1.29, 1.82) is 0 Å². The zero-order valence-corrected chi connectivity index (χ0v) is 14.3. The smallest absolute Gasteiger partial charge is 0.220 e. The minimum absolute atomic E-state index is 0.0834. The fraction of sp³-hybridized carbons (Fsp3) is 0.400. The first kappa shape index (κ1) is 16.5. The van der Waals surface area contributed by atoms with Gasteiger partial charge in [-0.1, -0.05) is 35.9 Å². The molecule has 0 spiro atoms. The van der Waals surface area contributed by atoms with E-state index >= 15 is 0 Å².